The number of ether oxygens (including phenoxy) is 2. The van der Waals surface area contributed by atoms with Gasteiger partial charge in [0.05, 0.1) is 24.9 Å². The maximum absolute atomic E-state index is 11.9. The molecule has 0 spiro atoms. The molecule has 0 saturated carbocycles. The summed E-state index contributed by atoms with van der Waals surface area (Å²) in [5, 5.41) is 19.0. The highest BCUT2D eigenvalue weighted by atomic mass is 16.7. The van der Waals surface area contributed by atoms with E-state index in [4.69, 9.17) is 9.47 Å². The molecule has 5 heteroatoms. The highest BCUT2D eigenvalue weighted by molar-refractivity contribution is 5.69. The highest BCUT2D eigenvalue weighted by Gasteiger charge is 2.53. The number of hydrogen-bond donors (Lipinski definition) is 2. The number of rotatable bonds is 5. The van der Waals surface area contributed by atoms with Crippen molar-refractivity contribution in [3.8, 4) is 0 Å². The lowest BCUT2D eigenvalue weighted by molar-refractivity contribution is -0.199. The van der Waals surface area contributed by atoms with E-state index in [9.17, 15) is 15.0 Å². The molecule has 2 rings (SSSR count). The second kappa shape index (κ2) is 6.20. The molecule has 1 heterocycles. The van der Waals surface area contributed by atoms with Crippen LogP contribution in [0.2, 0.25) is 0 Å². The first-order chi connectivity index (χ1) is 9.93. The minimum absolute atomic E-state index is 0.00440. The van der Waals surface area contributed by atoms with Crippen molar-refractivity contribution in [1.82, 2.24) is 0 Å². The van der Waals surface area contributed by atoms with Crippen LogP contribution in [0.5, 0.6) is 0 Å². The van der Waals surface area contributed by atoms with Crippen molar-refractivity contribution in [3.63, 3.8) is 0 Å². The molecule has 3 atom stereocenters. The molecule has 5 nitrogen and oxygen atoms in total. The topological polar surface area (TPSA) is 76.0 Å². The lowest BCUT2D eigenvalue weighted by Gasteiger charge is -2.43. The zero-order chi connectivity index (χ0) is 15.6. The molecular weight excluding hydrogens is 272 g/mol. The van der Waals surface area contributed by atoms with E-state index in [1.165, 1.54) is 6.26 Å². The number of carbonyl (C=O) groups is 1. The Hall–Kier alpha value is -1.33. The quantitative estimate of drug-likeness (QED) is 0.597. The van der Waals surface area contributed by atoms with Crippen LogP contribution in [0.25, 0.3) is 0 Å². The highest BCUT2D eigenvalue weighted by Crippen LogP contribution is 2.52. The van der Waals surface area contributed by atoms with Gasteiger partial charge in [0, 0.05) is 12.3 Å². The molecule has 21 heavy (non-hydrogen) atoms. The summed E-state index contributed by atoms with van der Waals surface area (Å²) in [6.07, 6.45) is 3.72. The lowest BCUT2D eigenvalue weighted by Crippen LogP contribution is -2.46. The summed E-state index contributed by atoms with van der Waals surface area (Å²) in [6.45, 7) is 5.62. The van der Waals surface area contributed by atoms with Crippen molar-refractivity contribution in [3.05, 3.63) is 23.5 Å². The standard InChI is InChI=1S/C16H24O5/c1-10(2)6-14(19)21-15-16(3)12(8-18)4-5-13(16)11(7-17)9-20-15/h4,9-10,13,15,17-18H,5-8H2,1-3H3/t13-,15+,16-/m1/s1. The van der Waals surface area contributed by atoms with Gasteiger partial charge in [-0.25, -0.2) is 0 Å². The predicted octanol–water partition coefficient (Wildman–Crippen LogP) is 1.75. The molecule has 0 unspecified atom stereocenters. The Kier molecular flexibility index (Phi) is 4.74. The zero-order valence-corrected chi connectivity index (χ0v) is 12.8. The first kappa shape index (κ1) is 16.0. The summed E-state index contributed by atoms with van der Waals surface area (Å²) in [5.41, 5.74) is 0.955. The van der Waals surface area contributed by atoms with Gasteiger partial charge in [-0.15, -0.1) is 0 Å². The SMILES string of the molecule is CC(C)CC(=O)O[C@@H]1OC=C(CO)[C@H]2CC=C(CO)[C@@]12C. The van der Waals surface area contributed by atoms with Crippen LogP contribution >= 0.6 is 0 Å². The number of hydrogen-bond acceptors (Lipinski definition) is 5. The molecule has 0 aromatic carbocycles. The third kappa shape index (κ3) is 2.85. The molecule has 0 radical (unpaired) electrons. The van der Waals surface area contributed by atoms with Crippen molar-refractivity contribution in [2.75, 3.05) is 13.2 Å². The van der Waals surface area contributed by atoms with Gasteiger partial charge < -0.3 is 19.7 Å². The van der Waals surface area contributed by atoms with Crippen molar-refractivity contribution < 1.29 is 24.5 Å². The van der Waals surface area contributed by atoms with Crippen molar-refractivity contribution in [2.45, 2.75) is 39.9 Å². The molecule has 2 N–H and O–H groups in total. The zero-order valence-electron chi connectivity index (χ0n) is 12.8. The first-order valence-electron chi connectivity index (χ1n) is 7.38. The Bertz CT molecular complexity index is 465. The Balaban J connectivity index is 2.23. The average molecular weight is 296 g/mol. The van der Waals surface area contributed by atoms with Crippen molar-refractivity contribution >= 4 is 5.97 Å². The summed E-state index contributed by atoms with van der Waals surface area (Å²) in [6, 6.07) is 0. The van der Waals surface area contributed by atoms with Crippen molar-refractivity contribution in [1.29, 1.82) is 0 Å². The number of allylic oxidation sites excluding steroid dienone is 1. The summed E-state index contributed by atoms with van der Waals surface area (Å²) in [5.74, 6) is -0.0973. The summed E-state index contributed by atoms with van der Waals surface area (Å²) in [4.78, 5) is 11.9. The third-order valence-electron chi connectivity index (χ3n) is 4.46. The normalized spacial score (nSPS) is 31.3. The maximum atomic E-state index is 11.9. The Morgan fingerprint density at radius 1 is 1.48 bits per heavy atom. The van der Waals surface area contributed by atoms with E-state index in [0.29, 0.717) is 12.8 Å². The van der Waals surface area contributed by atoms with Gasteiger partial charge in [-0.3, -0.25) is 4.79 Å². The van der Waals surface area contributed by atoms with Crippen LogP contribution < -0.4 is 0 Å². The van der Waals surface area contributed by atoms with Crippen LogP contribution in [-0.4, -0.2) is 35.7 Å². The Morgan fingerprint density at radius 2 is 2.19 bits per heavy atom. The van der Waals surface area contributed by atoms with Crippen LogP contribution in [-0.2, 0) is 14.3 Å². The monoisotopic (exact) mass is 296 g/mol. The Labute approximate surface area is 125 Å². The molecule has 1 aliphatic heterocycles. The fourth-order valence-electron chi connectivity index (χ4n) is 3.21. The van der Waals surface area contributed by atoms with Crippen LogP contribution in [0, 0.1) is 17.3 Å². The Morgan fingerprint density at radius 3 is 2.76 bits per heavy atom. The van der Waals surface area contributed by atoms with E-state index in [1.54, 1.807) is 0 Å². The second-order valence-corrected chi connectivity index (χ2v) is 6.37. The molecule has 0 bridgehead atoms. The predicted molar refractivity (Wildman–Crippen MR) is 77.0 cm³/mol. The van der Waals surface area contributed by atoms with E-state index in [1.807, 2.05) is 26.8 Å². The number of carbonyl (C=O) groups excluding carboxylic acids is 1. The minimum Gasteiger partial charge on any atom is -0.461 e. The van der Waals surface area contributed by atoms with Gasteiger partial charge in [-0.05, 0) is 30.4 Å². The largest absolute Gasteiger partial charge is 0.461 e. The van der Waals surface area contributed by atoms with Gasteiger partial charge in [0.2, 0.25) is 0 Å². The molecule has 0 saturated heterocycles. The fourth-order valence-corrected chi connectivity index (χ4v) is 3.21. The maximum Gasteiger partial charge on any atom is 0.309 e. The molecule has 0 fully saturated rings. The first-order valence-corrected chi connectivity index (χ1v) is 7.38. The molecule has 0 aromatic rings. The van der Waals surface area contributed by atoms with Crippen LogP contribution in [0.1, 0.15) is 33.6 Å². The van der Waals surface area contributed by atoms with E-state index >= 15 is 0 Å². The average Bonchev–Trinajstić information content (AvgIpc) is 2.76. The smallest absolute Gasteiger partial charge is 0.309 e. The van der Waals surface area contributed by atoms with Crippen LogP contribution in [0.3, 0.4) is 0 Å². The van der Waals surface area contributed by atoms with Gasteiger partial charge in [0.25, 0.3) is 6.29 Å². The van der Waals surface area contributed by atoms with Crippen LogP contribution in [0.15, 0.2) is 23.5 Å². The molecule has 0 aromatic heterocycles. The fraction of sp³-hybridized carbons (Fsp3) is 0.688. The molecule has 1 aliphatic carbocycles. The molecular formula is C16H24O5. The van der Waals surface area contributed by atoms with E-state index in [0.717, 1.165) is 11.1 Å². The van der Waals surface area contributed by atoms with Crippen LogP contribution in [0.4, 0.5) is 0 Å². The molecule has 0 amide bonds. The van der Waals surface area contributed by atoms with Gasteiger partial charge in [0.1, 0.15) is 0 Å². The van der Waals surface area contributed by atoms with E-state index < -0.39 is 11.7 Å². The minimum atomic E-state index is -0.759. The van der Waals surface area contributed by atoms with E-state index in [2.05, 4.69) is 0 Å². The van der Waals surface area contributed by atoms with Gasteiger partial charge in [-0.2, -0.15) is 0 Å². The lowest BCUT2D eigenvalue weighted by atomic mass is 9.70. The van der Waals surface area contributed by atoms with Gasteiger partial charge >= 0.3 is 5.97 Å². The van der Waals surface area contributed by atoms with Gasteiger partial charge in [0.15, 0.2) is 0 Å². The van der Waals surface area contributed by atoms with Gasteiger partial charge in [-0.1, -0.05) is 19.9 Å². The molecule has 118 valence electrons. The number of aliphatic hydroxyl groups is 2. The number of aliphatic hydroxyl groups excluding tert-OH is 2. The number of esters is 1. The summed E-state index contributed by atoms with van der Waals surface area (Å²) >= 11 is 0. The second-order valence-electron chi connectivity index (χ2n) is 6.37. The van der Waals surface area contributed by atoms with E-state index in [-0.39, 0.29) is 31.0 Å². The third-order valence-corrected chi connectivity index (χ3v) is 4.46. The summed E-state index contributed by atoms with van der Waals surface area (Å²) < 4.78 is 11.1. The van der Waals surface area contributed by atoms with Crippen molar-refractivity contribution in [2.24, 2.45) is 17.3 Å². The number of fused-ring (bicyclic) bond motifs is 1. The summed E-state index contributed by atoms with van der Waals surface area (Å²) in [7, 11) is 0. The molecule has 2 aliphatic rings.